The van der Waals surface area contributed by atoms with Gasteiger partial charge in [-0.2, -0.15) is 0 Å². The van der Waals surface area contributed by atoms with Gasteiger partial charge in [0.2, 0.25) is 0 Å². The molecule has 21 heavy (non-hydrogen) atoms. The fourth-order valence-corrected chi connectivity index (χ4v) is 2.55. The zero-order chi connectivity index (χ0) is 14.1. The van der Waals surface area contributed by atoms with Gasteiger partial charge in [0.05, 0.1) is 5.56 Å². The molecule has 1 saturated heterocycles. The standard InChI is InChI=1S/C15H16FN3O.ClH/c16-11-3-1-10(2-4-11)13-7-18-8-14(13)15(20)19-6-5-12(17)9-19;/h1-4,7-8,12,18H,5-6,9,17H2;1H/t12-;/m1./s1. The number of nitrogens with two attached hydrogens (primary N) is 1. The van der Waals surface area contributed by atoms with Gasteiger partial charge in [-0.15, -0.1) is 12.4 Å². The van der Waals surface area contributed by atoms with Crippen molar-refractivity contribution in [3.8, 4) is 11.1 Å². The minimum Gasteiger partial charge on any atom is -0.366 e. The molecule has 4 nitrogen and oxygen atoms in total. The molecule has 1 aliphatic rings. The highest BCUT2D eigenvalue weighted by Gasteiger charge is 2.26. The molecule has 112 valence electrons. The van der Waals surface area contributed by atoms with Crippen LogP contribution in [-0.2, 0) is 0 Å². The zero-order valence-electron chi connectivity index (χ0n) is 11.4. The van der Waals surface area contributed by atoms with E-state index >= 15 is 0 Å². The quantitative estimate of drug-likeness (QED) is 0.895. The third-order valence-electron chi connectivity index (χ3n) is 3.64. The van der Waals surface area contributed by atoms with Crippen LogP contribution < -0.4 is 5.73 Å². The number of carbonyl (C=O) groups excluding carboxylic acids is 1. The molecular weight excluding hydrogens is 293 g/mol. The summed E-state index contributed by atoms with van der Waals surface area (Å²) in [5.74, 6) is -0.318. The first-order valence-electron chi connectivity index (χ1n) is 6.63. The lowest BCUT2D eigenvalue weighted by atomic mass is 10.0. The number of hydrogen-bond acceptors (Lipinski definition) is 2. The molecule has 0 radical (unpaired) electrons. The molecule has 3 rings (SSSR count). The SMILES string of the molecule is Cl.N[C@@H]1CCN(C(=O)c2c[nH]cc2-c2ccc(F)cc2)C1. The molecule has 0 unspecified atom stereocenters. The number of nitrogens with one attached hydrogen (secondary N) is 1. The highest BCUT2D eigenvalue weighted by Crippen LogP contribution is 2.25. The predicted octanol–water partition coefficient (Wildman–Crippen LogP) is 2.42. The number of benzene rings is 1. The Morgan fingerprint density at radius 1 is 1.29 bits per heavy atom. The van der Waals surface area contributed by atoms with Crippen LogP contribution in [0.2, 0.25) is 0 Å². The lowest BCUT2D eigenvalue weighted by Crippen LogP contribution is -2.31. The maximum absolute atomic E-state index is 13.0. The number of hydrogen-bond donors (Lipinski definition) is 2. The van der Waals surface area contributed by atoms with Gasteiger partial charge in [-0.05, 0) is 24.1 Å². The molecule has 0 saturated carbocycles. The number of amides is 1. The Morgan fingerprint density at radius 2 is 2.00 bits per heavy atom. The van der Waals surface area contributed by atoms with Crippen LogP contribution >= 0.6 is 12.4 Å². The number of aromatic nitrogens is 1. The molecule has 2 aromatic rings. The van der Waals surface area contributed by atoms with Crippen molar-refractivity contribution < 1.29 is 9.18 Å². The fraction of sp³-hybridized carbons (Fsp3) is 0.267. The summed E-state index contributed by atoms with van der Waals surface area (Å²) in [4.78, 5) is 17.2. The number of nitrogens with zero attached hydrogens (tertiary/aromatic N) is 1. The molecule has 1 aromatic carbocycles. The van der Waals surface area contributed by atoms with Gasteiger partial charge in [-0.25, -0.2) is 4.39 Å². The number of H-pyrrole nitrogens is 1. The van der Waals surface area contributed by atoms with Crippen molar-refractivity contribution >= 4 is 18.3 Å². The number of halogens is 2. The van der Waals surface area contributed by atoms with Crippen LogP contribution in [0.15, 0.2) is 36.7 Å². The van der Waals surface area contributed by atoms with Gasteiger partial charge in [0, 0.05) is 37.1 Å². The minimum absolute atomic E-state index is 0. The third-order valence-corrected chi connectivity index (χ3v) is 3.64. The second-order valence-corrected chi connectivity index (χ2v) is 5.09. The van der Waals surface area contributed by atoms with Gasteiger partial charge >= 0.3 is 0 Å². The monoisotopic (exact) mass is 309 g/mol. The van der Waals surface area contributed by atoms with Gasteiger partial charge in [0.1, 0.15) is 5.82 Å². The summed E-state index contributed by atoms with van der Waals surface area (Å²) in [6.45, 7) is 1.28. The number of aromatic amines is 1. The van der Waals surface area contributed by atoms with Crippen LogP contribution in [0.1, 0.15) is 16.8 Å². The number of carbonyl (C=O) groups is 1. The maximum atomic E-state index is 13.0. The zero-order valence-corrected chi connectivity index (χ0v) is 12.2. The molecule has 1 fully saturated rings. The highest BCUT2D eigenvalue weighted by atomic mass is 35.5. The smallest absolute Gasteiger partial charge is 0.256 e. The highest BCUT2D eigenvalue weighted by molar-refractivity contribution is 6.00. The topological polar surface area (TPSA) is 62.1 Å². The van der Waals surface area contributed by atoms with Crippen molar-refractivity contribution in [1.82, 2.24) is 9.88 Å². The van der Waals surface area contributed by atoms with E-state index in [1.165, 1.54) is 12.1 Å². The van der Waals surface area contributed by atoms with Gasteiger partial charge in [0.25, 0.3) is 5.91 Å². The third kappa shape index (κ3) is 3.09. The van der Waals surface area contributed by atoms with Crippen molar-refractivity contribution in [3.63, 3.8) is 0 Å². The average Bonchev–Trinajstić information content (AvgIpc) is 3.07. The summed E-state index contributed by atoms with van der Waals surface area (Å²) < 4.78 is 13.0. The van der Waals surface area contributed by atoms with E-state index in [1.807, 2.05) is 0 Å². The summed E-state index contributed by atoms with van der Waals surface area (Å²) in [5, 5.41) is 0. The Balaban J connectivity index is 0.00000161. The Morgan fingerprint density at radius 3 is 2.62 bits per heavy atom. The summed E-state index contributed by atoms with van der Waals surface area (Å²) in [6.07, 6.45) is 4.28. The van der Waals surface area contributed by atoms with Gasteiger partial charge in [-0.1, -0.05) is 12.1 Å². The van der Waals surface area contributed by atoms with Crippen molar-refractivity contribution in [3.05, 3.63) is 48.0 Å². The first kappa shape index (κ1) is 15.5. The van der Waals surface area contributed by atoms with E-state index in [4.69, 9.17) is 5.73 Å². The summed E-state index contributed by atoms with van der Waals surface area (Å²) >= 11 is 0. The molecule has 1 aromatic heterocycles. The Kier molecular flexibility index (Phi) is 4.65. The van der Waals surface area contributed by atoms with E-state index in [2.05, 4.69) is 4.98 Å². The molecule has 1 aliphatic heterocycles. The van der Waals surface area contributed by atoms with E-state index in [9.17, 15) is 9.18 Å². The molecule has 3 N–H and O–H groups in total. The van der Waals surface area contributed by atoms with Crippen molar-refractivity contribution in [2.24, 2.45) is 5.73 Å². The Labute approximate surface area is 128 Å². The van der Waals surface area contributed by atoms with Gasteiger partial charge in [0.15, 0.2) is 0 Å². The Bertz CT molecular complexity index is 626. The molecule has 6 heteroatoms. The molecule has 1 amide bonds. The van der Waals surface area contributed by atoms with Crippen LogP contribution in [0.3, 0.4) is 0 Å². The largest absolute Gasteiger partial charge is 0.366 e. The van der Waals surface area contributed by atoms with Gasteiger partial charge < -0.3 is 15.6 Å². The van der Waals surface area contributed by atoms with Crippen LogP contribution in [0, 0.1) is 5.82 Å². The van der Waals surface area contributed by atoms with Crippen LogP contribution in [0.4, 0.5) is 4.39 Å². The summed E-state index contributed by atoms with van der Waals surface area (Å²) in [5.41, 5.74) is 8.05. The van der Waals surface area contributed by atoms with Crippen molar-refractivity contribution in [1.29, 1.82) is 0 Å². The van der Waals surface area contributed by atoms with E-state index in [0.29, 0.717) is 18.7 Å². The predicted molar refractivity (Wildman–Crippen MR) is 81.9 cm³/mol. The second-order valence-electron chi connectivity index (χ2n) is 5.09. The molecule has 0 bridgehead atoms. The van der Waals surface area contributed by atoms with E-state index in [1.54, 1.807) is 29.4 Å². The van der Waals surface area contributed by atoms with Crippen molar-refractivity contribution in [2.75, 3.05) is 13.1 Å². The molecular formula is C15H17ClFN3O. The Hall–Kier alpha value is -1.85. The number of likely N-dealkylation sites (tertiary alicyclic amines) is 1. The van der Waals surface area contributed by atoms with Crippen LogP contribution in [0.25, 0.3) is 11.1 Å². The lowest BCUT2D eigenvalue weighted by molar-refractivity contribution is 0.0792. The molecule has 0 spiro atoms. The van der Waals surface area contributed by atoms with E-state index in [0.717, 1.165) is 17.5 Å². The first-order valence-corrected chi connectivity index (χ1v) is 6.63. The minimum atomic E-state index is -0.289. The number of rotatable bonds is 2. The molecule has 1 atom stereocenters. The summed E-state index contributed by atoms with van der Waals surface area (Å²) in [6, 6.07) is 6.19. The van der Waals surface area contributed by atoms with Crippen molar-refractivity contribution in [2.45, 2.75) is 12.5 Å². The van der Waals surface area contributed by atoms with Crippen LogP contribution in [-0.4, -0.2) is 34.9 Å². The second kappa shape index (κ2) is 6.28. The lowest BCUT2D eigenvalue weighted by Gasteiger charge is -2.16. The normalized spacial score (nSPS) is 17.6. The fourth-order valence-electron chi connectivity index (χ4n) is 2.55. The van der Waals surface area contributed by atoms with E-state index < -0.39 is 0 Å². The van der Waals surface area contributed by atoms with E-state index in [-0.39, 0.29) is 30.2 Å². The molecule has 2 heterocycles. The molecule has 0 aliphatic carbocycles. The summed E-state index contributed by atoms with van der Waals surface area (Å²) in [7, 11) is 0. The maximum Gasteiger partial charge on any atom is 0.256 e. The van der Waals surface area contributed by atoms with Crippen LogP contribution in [0.5, 0.6) is 0 Å². The average molecular weight is 310 g/mol. The first-order chi connectivity index (χ1) is 9.65. The van der Waals surface area contributed by atoms with Gasteiger partial charge in [-0.3, -0.25) is 4.79 Å².